The average molecular weight is 308 g/mol. The smallest absolute Gasteiger partial charge is 0.329 e. The van der Waals surface area contributed by atoms with Crippen LogP contribution in [0.15, 0.2) is 30.3 Å². The number of benzene rings is 1. The van der Waals surface area contributed by atoms with Gasteiger partial charge in [-0.15, -0.1) is 0 Å². The maximum atomic E-state index is 11.6. The Morgan fingerprint density at radius 2 is 1.91 bits per heavy atom. The van der Waals surface area contributed by atoms with Crippen LogP contribution in [0.25, 0.3) is 0 Å². The van der Waals surface area contributed by atoms with Crippen molar-refractivity contribution in [2.24, 2.45) is 5.73 Å². The molecule has 120 valence electrons. The second-order valence-corrected chi connectivity index (χ2v) is 4.86. The van der Waals surface area contributed by atoms with E-state index in [9.17, 15) is 14.4 Å². The molecule has 0 fully saturated rings. The molecular weight excluding hydrogens is 288 g/mol. The Morgan fingerprint density at radius 3 is 2.45 bits per heavy atom. The van der Waals surface area contributed by atoms with E-state index in [4.69, 9.17) is 15.6 Å². The number of aryl methyl sites for hydroxylation is 1. The zero-order valence-corrected chi connectivity index (χ0v) is 12.3. The lowest BCUT2D eigenvalue weighted by molar-refractivity contribution is -0.150. The van der Waals surface area contributed by atoms with E-state index < -0.39 is 36.5 Å². The molecule has 1 aromatic rings. The number of amides is 1. The molecule has 0 aromatic heterocycles. The van der Waals surface area contributed by atoms with Crippen molar-refractivity contribution in [1.29, 1.82) is 0 Å². The molecule has 2 atom stereocenters. The number of hydrogen-bond donors (Lipinski definition) is 3. The minimum atomic E-state index is -1.31. The van der Waals surface area contributed by atoms with Gasteiger partial charge in [0.1, 0.15) is 6.61 Å². The lowest BCUT2D eigenvalue weighted by Gasteiger charge is -2.16. The van der Waals surface area contributed by atoms with Gasteiger partial charge in [-0.3, -0.25) is 9.59 Å². The van der Waals surface area contributed by atoms with Gasteiger partial charge in [0, 0.05) is 6.42 Å². The van der Waals surface area contributed by atoms with Gasteiger partial charge in [-0.2, -0.15) is 0 Å². The summed E-state index contributed by atoms with van der Waals surface area (Å²) >= 11 is 0. The molecule has 1 rings (SSSR count). The number of carboxylic acids is 1. The van der Waals surface area contributed by atoms with Crippen molar-refractivity contribution in [3.05, 3.63) is 35.9 Å². The molecular formula is C15H20N2O5. The largest absolute Gasteiger partial charge is 0.480 e. The second-order valence-electron chi connectivity index (χ2n) is 4.86. The van der Waals surface area contributed by atoms with Gasteiger partial charge in [0.2, 0.25) is 5.91 Å². The number of esters is 1. The summed E-state index contributed by atoms with van der Waals surface area (Å²) in [6.07, 6.45) is 0.640. The number of aliphatic carboxylic acids is 1. The molecule has 7 nitrogen and oxygen atoms in total. The molecule has 0 spiro atoms. The van der Waals surface area contributed by atoms with Crippen molar-refractivity contribution in [3.63, 3.8) is 0 Å². The van der Waals surface area contributed by atoms with Gasteiger partial charge >= 0.3 is 11.9 Å². The molecule has 0 unspecified atom stereocenters. The average Bonchev–Trinajstić information content (AvgIpc) is 2.49. The predicted molar refractivity (Wildman–Crippen MR) is 78.9 cm³/mol. The summed E-state index contributed by atoms with van der Waals surface area (Å²) in [5.74, 6) is -2.43. The second kappa shape index (κ2) is 8.78. The van der Waals surface area contributed by atoms with E-state index in [1.165, 1.54) is 6.92 Å². The lowest BCUT2D eigenvalue weighted by atomic mass is 10.1. The predicted octanol–water partition coefficient (Wildman–Crippen LogP) is 0.0790. The Labute approximate surface area is 128 Å². The highest BCUT2D eigenvalue weighted by Gasteiger charge is 2.23. The van der Waals surface area contributed by atoms with Crippen LogP contribution in [-0.4, -0.2) is 41.6 Å². The monoisotopic (exact) mass is 308 g/mol. The third kappa shape index (κ3) is 6.36. The first-order valence-electron chi connectivity index (χ1n) is 6.88. The Hall–Kier alpha value is -2.41. The first kappa shape index (κ1) is 17.6. The molecule has 1 amide bonds. The Balaban J connectivity index is 2.39. The first-order valence-corrected chi connectivity index (χ1v) is 6.88. The number of hydrogen-bond acceptors (Lipinski definition) is 5. The number of nitrogens with two attached hydrogens (primary N) is 1. The summed E-state index contributed by atoms with van der Waals surface area (Å²) in [7, 11) is 0. The van der Waals surface area contributed by atoms with Crippen molar-refractivity contribution in [3.8, 4) is 0 Å². The minimum Gasteiger partial charge on any atom is -0.480 e. The van der Waals surface area contributed by atoms with Gasteiger partial charge < -0.3 is 20.9 Å². The molecule has 1 aromatic carbocycles. The minimum absolute atomic E-state index is 0.136. The molecule has 0 aliphatic carbocycles. The molecule has 0 heterocycles. The van der Waals surface area contributed by atoms with Crippen LogP contribution in [0.4, 0.5) is 0 Å². The molecule has 0 saturated heterocycles. The van der Waals surface area contributed by atoms with Crippen LogP contribution >= 0.6 is 0 Å². The number of nitrogens with one attached hydrogen (secondary N) is 1. The molecule has 4 N–H and O–H groups in total. The van der Waals surface area contributed by atoms with Gasteiger partial charge in [0.25, 0.3) is 0 Å². The van der Waals surface area contributed by atoms with Crippen molar-refractivity contribution in [2.45, 2.75) is 31.8 Å². The fraction of sp³-hybridized carbons (Fsp3) is 0.400. The summed E-state index contributed by atoms with van der Waals surface area (Å²) < 4.78 is 4.89. The number of carbonyl (C=O) groups is 3. The maximum absolute atomic E-state index is 11.6. The summed E-state index contributed by atoms with van der Waals surface area (Å²) in [5.41, 5.74) is 6.33. The van der Waals surface area contributed by atoms with Gasteiger partial charge in [-0.25, -0.2) is 4.79 Å². The van der Waals surface area contributed by atoms with Gasteiger partial charge in [-0.1, -0.05) is 30.3 Å². The molecule has 0 saturated carbocycles. The Kier molecular flexibility index (Phi) is 7.04. The fourth-order valence-corrected chi connectivity index (χ4v) is 1.62. The lowest BCUT2D eigenvalue weighted by Crippen LogP contribution is -2.49. The molecule has 0 radical (unpaired) electrons. The molecule has 0 bridgehead atoms. The first-order chi connectivity index (χ1) is 10.4. The topological polar surface area (TPSA) is 119 Å². The number of rotatable bonds is 8. The SMILES string of the molecule is C[C@@H](N)C(=O)N[C@@H](COC(=O)CCc1ccccc1)C(=O)O. The van der Waals surface area contributed by atoms with Crippen LogP contribution in [0.1, 0.15) is 18.9 Å². The molecule has 7 heteroatoms. The van der Waals surface area contributed by atoms with Crippen molar-refractivity contribution < 1.29 is 24.2 Å². The number of carbonyl (C=O) groups excluding carboxylic acids is 2. The van der Waals surface area contributed by atoms with Crippen LogP contribution in [-0.2, 0) is 25.5 Å². The molecule has 0 aliphatic rings. The van der Waals surface area contributed by atoms with Crippen LogP contribution < -0.4 is 11.1 Å². The van der Waals surface area contributed by atoms with E-state index in [0.717, 1.165) is 5.56 Å². The molecule has 22 heavy (non-hydrogen) atoms. The van der Waals surface area contributed by atoms with E-state index in [-0.39, 0.29) is 6.42 Å². The van der Waals surface area contributed by atoms with E-state index in [0.29, 0.717) is 6.42 Å². The van der Waals surface area contributed by atoms with Gasteiger partial charge in [0.15, 0.2) is 6.04 Å². The van der Waals surface area contributed by atoms with Crippen molar-refractivity contribution in [1.82, 2.24) is 5.32 Å². The third-order valence-corrected chi connectivity index (χ3v) is 2.90. The van der Waals surface area contributed by atoms with Crippen molar-refractivity contribution >= 4 is 17.8 Å². The number of carboxylic acid groups (broad SMARTS) is 1. The Morgan fingerprint density at radius 1 is 1.27 bits per heavy atom. The van der Waals surface area contributed by atoms with Crippen LogP contribution in [0.3, 0.4) is 0 Å². The summed E-state index contributed by atoms with van der Waals surface area (Å²) in [5, 5.41) is 11.2. The third-order valence-electron chi connectivity index (χ3n) is 2.90. The number of ether oxygens (including phenoxy) is 1. The van der Waals surface area contributed by atoms with Crippen LogP contribution in [0.5, 0.6) is 0 Å². The van der Waals surface area contributed by atoms with Crippen LogP contribution in [0, 0.1) is 0 Å². The highest BCUT2D eigenvalue weighted by molar-refractivity contribution is 5.86. The van der Waals surface area contributed by atoms with Crippen LogP contribution in [0.2, 0.25) is 0 Å². The zero-order valence-electron chi connectivity index (χ0n) is 12.3. The normalized spacial score (nSPS) is 13.0. The van der Waals surface area contributed by atoms with Gasteiger partial charge in [0.05, 0.1) is 6.04 Å². The van der Waals surface area contributed by atoms with E-state index in [1.54, 1.807) is 0 Å². The van der Waals surface area contributed by atoms with E-state index in [1.807, 2.05) is 30.3 Å². The Bertz CT molecular complexity index is 516. The summed E-state index contributed by atoms with van der Waals surface area (Å²) in [4.78, 5) is 34.0. The quantitative estimate of drug-likeness (QED) is 0.585. The zero-order chi connectivity index (χ0) is 16.5. The van der Waals surface area contributed by atoms with Crippen molar-refractivity contribution in [2.75, 3.05) is 6.61 Å². The fourth-order valence-electron chi connectivity index (χ4n) is 1.62. The standard InChI is InChI=1S/C15H20N2O5/c1-10(16)14(19)17-12(15(20)21)9-22-13(18)8-7-11-5-3-2-4-6-11/h2-6,10,12H,7-9,16H2,1H3,(H,17,19)(H,20,21)/t10-,12+/m1/s1. The summed E-state index contributed by atoms with van der Waals surface area (Å²) in [6, 6.07) is 7.23. The van der Waals surface area contributed by atoms with E-state index >= 15 is 0 Å². The summed E-state index contributed by atoms with van der Waals surface area (Å²) in [6.45, 7) is 1.00. The van der Waals surface area contributed by atoms with Gasteiger partial charge in [-0.05, 0) is 18.9 Å². The highest BCUT2D eigenvalue weighted by Crippen LogP contribution is 2.03. The maximum Gasteiger partial charge on any atom is 0.329 e. The highest BCUT2D eigenvalue weighted by atomic mass is 16.5. The van der Waals surface area contributed by atoms with E-state index in [2.05, 4.69) is 5.32 Å². The molecule has 0 aliphatic heterocycles.